The van der Waals surface area contributed by atoms with Crippen LogP contribution in [0.1, 0.15) is 12.8 Å². The van der Waals surface area contributed by atoms with Gasteiger partial charge in [-0.25, -0.2) is 4.79 Å². The number of amides is 1. The molecule has 0 aromatic heterocycles. The summed E-state index contributed by atoms with van der Waals surface area (Å²) in [5.41, 5.74) is 2.72. The molecule has 0 fully saturated rings. The molecule has 2 rings (SSSR count). The van der Waals surface area contributed by atoms with Crippen LogP contribution in [-0.2, 0) is 21.2 Å². The number of rotatable bonds is 5. The van der Waals surface area contributed by atoms with Gasteiger partial charge in [-0.15, -0.1) is 12.8 Å². The second-order valence-corrected chi connectivity index (χ2v) is 4.64. The molecule has 1 N–H and O–H groups in total. The van der Waals surface area contributed by atoms with Gasteiger partial charge in [0, 0.05) is 11.7 Å². The van der Waals surface area contributed by atoms with E-state index in [9.17, 15) is 4.79 Å². The van der Waals surface area contributed by atoms with E-state index < -0.39 is 6.09 Å². The van der Waals surface area contributed by atoms with Crippen molar-refractivity contribution in [1.82, 2.24) is 0 Å². The minimum absolute atomic E-state index is 0. The van der Waals surface area contributed by atoms with Crippen molar-refractivity contribution < 1.29 is 26.0 Å². The molecule has 118 valence electrons. The number of carbonyl (C=O) groups excluding carboxylic acids is 1. The third-order valence-electron chi connectivity index (χ3n) is 3.17. The topological polar surface area (TPSA) is 38.3 Å². The summed E-state index contributed by atoms with van der Waals surface area (Å²) in [4.78, 5) is 11.9. The third-order valence-corrected chi connectivity index (χ3v) is 3.17. The van der Waals surface area contributed by atoms with Crippen LogP contribution >= 0.6 is 0 Å². The van der Waals surface area contributed by atoms with Gasteiger partial charge in [0.05, 0.1) is 5.69 Å². The number of para-hydroxylation sites is 1. The first kappa shape index (κ1) is 18.3. The summed E-state index contributed by atoms with van der Waals surface area (Å²) in [5.74, 6) is 0. The quantitative estimate of drug-likeness (QED) is 0.632. The predicted molar refractivity (Wildman–Crippen MR) is 85.7 cm³/mol. The fraction of sp³-hybridized carbons (Fsp3) is 0.167. The number of ether oxygens (including phenoxy) is 1. The molecule has 0 bridgehead atoms. The molecule has 0 saturated heterocycles. The van der Waals surface area contributed by atoms with E-state index in [2.05, 4.69) is 19.2 Å². The summed E-state index contributed by atoms with van der Waals surface area (Å²) >= 11 is 0. The van der Waals surface area contributed by atoms with Crippen LogP contribution in [0.3, 0.4) is 0 Å². The van der Waals surface area contributed by atoms with Crippen molar-refractivity contribution in [1.29, 1.82) is 0 Å². The first-order valence-corrected chi connectivity index (χ1v) is 6.95. The van der Waals surface area contributed by atoms with Crippen LogP contribution in [0.4, 0.5) is 10.5 Å². The van der Waals surface area contributed by atoms with Gasteiger partial charge in [-0.2, -0.15) is 0 Å². The van der Waals surface area contributed by atoms with Gasteiger partial charge in [0.2, 0.25) is 0 Å². The Kier molecular flexibility index (Phi) is 7.69. The minimum Gasteiger partial charge on any atom is -0.451 e. The molecule has 2 aromatic carbocycles. The summed E-state index contributed by atoms with van der Waals surface area (Å²) in [5, 5.41) is 2.79. The summed E-state index contributed by atoms with van der Waals surface area (Å²) in [6.07, 6.45) is 0.290. The largest absolute Gasteiger partial charge is 2.00 e. The first-order chi connectivity index (χ1) is 10.2. The van der Waals surface area contributed by atoms with Crippen LogP contribution in [-0.4, -0.2) is 12.2 Å². The van der Waals surface area contributed by atoms with E-state index in [4.69, 9.17) is 4.74 Å². The van der Waals surface area contributed by atoms with Gasteiger partial charge >= 0.3 is 22.6 Å². The van der Waals surface area contributed by atoms with Gasteiger partial charge in [-0.3, -0.25) is 5.32 Å². The van der Waals surface area contributed by atoms with Crippen LogP contribution in [0.2, 0.25) is 0 Å². The standard InChI is InChI=1S/C18H19NO2.Ni/c1-3-15(4-2)21-18(20)19-17-13-9-8-12-16(17)14-10-6-5-7-11-14;/h5-13,15H,1-4H2,(H,19,20);/q-2;+2. The van der Waals surface area contributed by atoms with Crippen molar-refractivity contribution in [2.45, 2.75) is 18.9 Å². The van der Waals surface area contributed by atoms with Crippen LogP contribution in [0.15, 0.2) is 54.6 Å². The molecule has 0 atom stereocenters. The van der Waals surface area contributed by atoms with Crippen LogP contribution in [0.25, 0.3) is 11.1 Å². The van der Waals surface area contributed by atoms with E-state index in [-0.39, 0.29) is 22.6 Å². The van der Waals surface area contributed by atoms with Gasteiger partial charge in [-0.1, -0.05) is 48.5 Å². The molecular weight excluding hydrogens is 321 g/mol. The second-order valence-electron chi connectivity index (χ2n) is 4.64. The van der Waals surface area contributed by atoms with Gasteiger partial charge in [0.1, 0.15) is 0 Å². The minimum atomic E-state index is -0.476. The molecule has 22 heavy (non-hydrogen) atoms. The number of nitrogens with one attached hydrogen (secondary N) is 1. The second kappa shape index (κ2) is 9.27. The SMILES string of the molecule is [CH2-]CC(C[CH2-])OC(=O)Nc1ccccc1-c1ccccc1.[Ni+2]. The Morgan fingerprint density at radius 2 is 1.59 bits per heavy atom. The monoisotopic (exact) mass is 339 g/mol. The summed E-state index contributed by atoms with van der Waals surface area (Å²) in [6, 6.07) is 17.5. The molecule has 0 saturated carbocycles. The first-order valence-electron chi connectivity index (χ1n) is 6.95. The molecule has 4 heteroatoms. The molecule has 0 heterocycles. The zero-order valence-electron chi connectivity index (χ0n) is 12.2. The van der Waals surface area contributed by atoms with Crippen LogP contribution in [0, 0.1) is 13.8 Å². The molecule has 3 nitrogen and oxygen atoms in total. The number of carbonyl (C=O) groups is 1. The molecule has 0 aliphatic carbocycles. The van der Waals surface area contributed by atoms with Gasteiger partial charge in [-0.05, 0) is 11.6 Å². The van der Waals surface area contributed by atoms with E-state index >= 15 is 0 Å². The normalized spacial score (nSPS) is 9.95. The van der Waals surface area contributed by atoms with Crippen LogP contribution < -0.4 is 5.32 Å². The molecule has 0 aliphatic rings. The fourth-order valence-corrected chi connectivity index (χ4v) is 2.01. The Labute approximate surface area is 142 Å². The predicted octanol–water partition coefficient (Wildman–Crippen LogP) is 4.72. The Morgan fingerprint density at radius 1 is 1.00 bits per heavy atom. The van der Waals surface area contributed by atoms with Crippen molar-refractivity contribution in [2.24, 2.45) is 0 Å². The summed E-state index contributed by atoms with van der Waals surface area (Å²) < 4.78 is 5.27. The molecular formula is C18H19NNiO2. The van der Waals surface area contributed by atoms with Gasteiger partial charge in [0.25, 0.3) is 0 Å². The number of hydrogen-bond acceptors (Lipinski definition) is 2. The van der Waals surface area contributed by atoms with E-state index in [1.54, 1.807) is 0 Å². The molecule has 0 aliphatic heterocycles. The molecule has 2 aromatic rings. The number of anilines is 1. The van der Waals surface area contributed by atoms with Gasteiger partial charge in [0.15, 0.2) is 0 Å². The Morgan fingerprint density at radius 3 is 2.23 bits per heavy atom. The Hall–Kier alpha value is -1.80. The van der Waals surface area contributed by atoms with E-state index in [1.807, 2.05) is 54.6 Å². The molecule has 1 amide bonds. The van der Waals surface area contributed by atoms with Crippen molar-refractivity contribution in [3.8, 4) is 11.1 Å². The van der Waals surface area contributed by atoms with Crippen molar-refractivity contribution in [2.75, 3.05) is 5.32 Å². The van der Waals surface area contributed by atoms with E-state index in [0.717, 1.165) is 16.8 Å². The van der Waals surface area contributed by atoms with Crippen molar-refractivity contribution >= 4 is 11.8 Å². The average molecular weight is 340 g/mol. The molecule has 0 radical (unpaired) electrons. The smallest absolute Gasteiger partial charge is 0.451 e. The maximum Gasteiger partial charge on any atom is 2.00 e. The Balaban J connectivity index is 0.00000242. The zero-order chi connectivity index (χ0) is 15.1. The number of benzene rings is 2. The maximum atomic E-state index is 11.9. The fourth-order valence-electron chi connectivity index (χ4n) is 2.01. The Bertz CT molecular complexity index is 583. The maximum absolute atomic E-state index is 11.9. The number of hydrogen-bond donors (Lipinski definition) is 1. The van der Waals surface area contributed by atoms with Crippen LogP contribution in [0.5, 0.6) is 0 Å². The van der Waals surface area contributed by atoms with Gasteiger partial charge < -0.3 is 18.6 Å². The third kappa shape index (κ3) is 4.89. The zero-order valence-corrected chi connectivity index (χ0v) is 13.2. The van der Waals surface area contributed by atoms with E-state index in [0.29, 0.717) is 12.8 Å². The molecule has 0 unspecified atom stereocenters. The van der Waals surface area contributed by atoms with E-state index in [1.165, 1.54) is 0 Å². The van der Waals surface area contributed by atoms with Crippen molar-refractivity contribution in [3.63, 3.8) is 0 Å². The molecule has 0 spiro atoms. The average Bonchev–Trinajstić information content (AvgIpc) is 2.54. The van der Waals surface area contributed by atoms with Crippen molar-refractivity contribution in [3.05, 3.63) is 68.4 Å². The summed E-state index contributed by atoms with van der Waals surface area (Å²) in [6.45, 7) is 7.47. The summed E-state index contributed by atoms with van der Waals surface area (Å²) in [7, 11) is 0.